The molecule has 140 valence electrons. The van der Waals surface area contributed by atoms with Crippen LogP contribution in [-0.2, 0) is 33.2 Å². The molecule has 1 aliphatic rings. The molecule has 0 aliphatic carbocycles. The molecular weight excluding hydrogens is 389 g/mol. The number of alkyl halides is 3. The Labute approximate surface area is 155 Å². The molecule has 0 bridgehead atoms. The van der Waals surface area contributed by atoms with E-state index >= 15 is 0 Å². The van der Waals surface area contributed by atoms with Crippen molar-refractivity contribution in [1.29, 1.82) is 5.41 Å². The molecule has 5 atom stereocenters. The van der Waals surface area contributed by atoms with Gasteiger partial charge in [0.15, 0.2) is 0 Å². The van der Waals surface area contributed by atoms with Crippen LogP contribution in [0, 0.1) is 5.41 Å². The first-order chi connectivity index (χ1) is 11.1. The fraction of sp³-hybridized carbons (Fsp3) is 0.846. The van der Waals surface area contributed by atoms with Gasteiger partial charge in [-0.1, -0.05) is 34.8 Å². The van der Waals surface area contributed by atoms with Gasteiger partial charge < -0.3 is 28.4 Å². The maximum Gasteiger partial charge on any atom is 0.302 e. The fourth-order valence-electron chi connectivity index (χ4n) is 2.29. The molecule has 0 amide bonds. The third kappa shape index (κ3) is 5.59. The second kappa shape index (κ2) is 9.38. The summed E-state index contributed by atoms with van der Waals surface area (Å²) in [7, 11) is 4.32. The lowest BCUT2D eigenvalue weighted by molar-refractivity contribution is -0.295. The van der Waals surface area contributed by atoms with Gasteiger partial charge in [-0.25, -0.2) is 0 Å². The third-order valence-corrected chi connectivity index (χ3v) is 3.86. The second-order valence-electron chi connectivity index (χ2n) is 4.89. The van der Waals surface area contributed by atoms with E-state index in [1.807, 2.05) is 0 Å². The first kappa shape index (κ1) is 21.7. The molecule has 11 heteroatoms. The van der Waals surface area contributed by atoms with Crippen LogP contribution in [0.15, 0.2) is 0 Å². The molecule has 0 aromatic rings. The lowest BCUT2D eigenvalue weighted by Crippen LogP contribution is -2.61. The first-order valence-electron chi connectivity index (χ1n) is 6.85. The van der Waals surface area contributed by atoms with Crippen LogP contribution in [0.4, 0.5) is 0 Å². The van der Waals surface area contributed by atoms with Gasteiger partial charge in [0, 0.05) is 28.3 Å². The highest BCUT2D eigenvalue weighted by atomic mass is 35.6. The molecule has 0 aromatic heterocycles. The number of halogens is 3. The van der Waals surface area contributed by atoms with E-state index in [9.17, 15) is 4.79 Å². The third-order valence-electron chi connectivity index (χ3n) is 3.35. The van der Waals surface area contributed by atoms with Crippen LogP contribution >= 0.6 is 34.8 Å². The van der Waals surface area contributed by atoms with E-state index in [0.717, 1.165) is 0 Å². The van der Waals surface area contributed by atoms with Crippen LogP contribution in [0.1, 0.15) is 6.92 Å². The van der Waals surface area contributed by atoms with Crippen LogP contribution in [0.5, 0.6) is 0 Å². The number of carbonyl (C=O) groups is 1. The predicted octanol–water partition coefficient (Wildman–Crippen LogP) is 1.68. The first-order valence-corrected chi connectivity index (χ1v) is 7.98. The smallest absolute Gasteiger partial charge is 0.302 e. The highest BCUT2D eigenvalue weighted by molar-refractivity contribution is 6.76. The molecule has 1 rings (SSSR count). The van der Waals surface area contributed by atoms with Gasteiger partial charge in [0.25, 0.3) is 3.79 Å². The highest BCUT2D eigenvalue weighted by Gasteiger charge is 2.49. The molecule has 1 saturated heterocycles. The summed E-state index contributed by atoms with van der Waals surface area (Å²) in [5.41, 5.74) is 0. The summed E-state index contributed by atoms with van der Waals surface area (Å²) in [6.45, 7) is 1.16. The number of hydrogen-bond donors (Lipinski definition) is 1. The van der Waals surface area contributed by atoms with Gasteiger partial charge in [-0.15, -0.1) is 0 Å². The largest absolute Gasteiger partial charge is 0.463 e. The Hall–Kier alpha value is -0.350. The molecule has 0 spiro atoms. The zero-order valence-electron chi connectivity index (χ0n) is 13.6. The summed E-state index contributed by atoms with van der Waals surface area (Å²) in [5, 5.41) is 7.68. The Morgan fingerprint density at radius 3 is 2.04 bits per heavy atom. The molecule has 1 N–H and O–H groups in total. The number of ether oxygens (including phenoxy) is 6. The van der Waals surface area contributed by atoms with E-state index < -0.39 is 46.4 Å². The number of rotatable bonds is 6. The molecule has 0 radical (unpaired) electrons. The Balaban J connectivity index is 2.99. The van der Waals surface area contributed by atoms with E-state index in [0.29, 0.717) is 0 Å². The van der Waals surface area contributed by atoms with Crippen molar-refractivity contribution in [2.75, 3.05) is 27.9 Å². The van der Waals surface area contributed by atoms with Crippen molar-refractivity contribution in [2.24, 2.45) is 0 Å². The summed E-state index contributed by atoms with van der Waals surface area (Å²) < 4.78 is 30.0. The molecule has 1 fully saturated rings. The SMILES string of the molecule is CO[C@H]1[C@H](OC)[C@@H](OC)C(OC(=N)C(Cl)(Cl)Cl)O[C@@H]1COC(C)=O. The van der Waals surface area contributed by atoms with E-state index in [-0.39, 0.29) is 6.61 Å². The van der Waals surface area contributed by atoms with Gasteiger partial charge in [-0.2, -0.15) is 0 Å². The van der Waals surface area contributed by atoms with Crippen LogP contribution < -0.4 is 0 Å². The Morgan fingerprint density at radius 2 is 1.62 bits per heavy atom. The van der Waals surface area contributed by atoms with Crippen molar-refractivity contribution in [3.63, 3.8) is 0 Å². The number of nitrogens with one attached hydrogen (secondary N) is 1. The average molecular weight is 409 g/mol. The molecule has 1 aliphatic heterocycles. The van der Waals surface area contributed by atoms with Crippen molar-refractivity contribution >= 4 is 46.7 Å². The van der Waals surface area contributed by atoms with Crippen molar-refractivity contribution in [3.8, 4) is 0 Å². The summed E-state index contributed by atoms with van der Waals surface area (Å²) in [4.78, 5) is 11.1. The Morgan fingerprint density at radius 1 is 1.08 bits per heavy atom. The van der Waals surface area contributed by atoms with Crippen molar-refractivity contribution in [3.05, 3.63) is 0 Å². The quantitative estimate of drug-likeness (QED) is 0.309. The molecular formula is C13H20Cl3NO7. The van der Waals surface area contributed by atoms with Crippen molar-refractivity contribution < 1.29 is 33.2 Å². The minimum Gasteiger partial charge on any atom is -0.463 e. The monoisotopic (exact) mass is 407 g/mol. The zero-order chi connectivity index (χ0) is 18.5. The molecule has 1 unspecified atom stereocenters. The van der Waals surface area contributed by atoms with Gasteiger partial charge in [-0.05, 0) is 0 Å². The van der Waals surface area contributed by atoms with Gasteiger partial charge in [-0.3, -0.25) is 10.2 Å². The van der Waals surface area contributed by atoms with Gasteiger partial charge in [0.1, 0.15) is 31.0 Å². The lowest BCUT2D eigenvalue weighted by atomic mass is 9.98. The fourth-order valence-corrected chi connectivity index (χ4v) is 2.42. The van der Waals surface area contributed by atoms with E-state index in [2.05, 4.69) is 0 Å². The number of carbonyl (C=O) groups excluding carboxylic acids is 1. The Bertz CT molecular complexity index is 446. The maximum absolute atomic E-state index is 11.1. The van der Waals surface area contributed by atoms with Crippen LogP contribution in [0.3, 0.4) is 0 Å². The zero-order valence-corrected chi connectivity index (χ0v) is 15.9. The van der Waals surface area contributed by atoms with E-state index in [1.54, 1.807) is 0 Å². The number of esters is 1. The summed E-state index contributed by atoms with van der Waals surface area (Å²) >= 11 is 16.9. The minimum absolute atomic E-state index is 0.106. The molecule has 0 saturated carbocycles. The predicted molar refractivity (Wildman–Crippen MR) is 86.8 cm³/mol. The highest BCUT2D eigenvalue weighted by Crippen LogP contribution is 2.32. The van der Waals surface area contributed by atoms with Crippen LogP contribution in [0.2, 0.25) is 0 Å². The maximum atomic E-state index is 11.1. The van der Waals surface area contributed by atoms with E-state index in [1.165, 1.54) is 28.3 Å². The minimum atomic E-state index is -2.06. The summed E-state index contributed by atoms with van der Waals surface area (Å²) in [6.07, 6.45) is -3.89. The topological polar surface area (TPSA) is 96.3 Å². The van der Waals surface area contributed by atoms with Gasteiger partial charge >= 0.3 is 5.97 Å². The average Bonchev–Trinajstić information content (AvgIpc) is 2.50. The standard InChI is InChI=1S/C13H20Cl3NO7/c1-6(18)22-5-7-8(19-2)9(20-3)10(21-4)11(23-7)24-12(17)13(14,15)16/h7-11,17H,5H2,1-4H3/t7-,8-,9+,10-,11?/m1/s1. The molecule has 1 heterocycles. The summed E-state index contributed by atoms with van der Waals surface area (Å²) in [5.74, 6) is -1.13. The summed E-state index contributed by atoms with van der Waals surface area (Å²) in [6, 6.07) is 0. The van der Waals surface area contributed by atoms with Crippen LogP contribution in [-0.4, -0.2) is 74.3 Å². The normalized spacial score (nSPS) is 30.7. The lowest BCUT2D eigenvalue weighted by Gasteiger charge is -2.44. The molecule has 8 nitrogen and oxygen atoms in total. The van der Waals surface area contributed by atoms with Crippen LogP contribution in [0.25, 0.3) is 0 Å². The number of hydrogen-bond acceptors (Lipinski definition) is 8. The molecule has 0 aromatic carbocycles. The van der Waals surface area contributed by atoms with Gasteiger partial charge in [0.2, 0.25) is 12.2 Å². The Kier molecular flexibility index (Phi) is 8.47. The van der Waals surface area contributed by atoms with Gasteiger partial charge in [0.05, 0.1) is 0 Å². The second-order valence-corrected chi connectivity index (χ2v) is 7.17. The molecule has 24 heavy (non-hydrogen) atoms. The van der Waals surface area contributed by atoms with Crippen molar-refractivity contribution in [1.82, 2.24) is 0 Å². The van der Waals surface area contributed by atoms with Crippen molar-refractivity contribution in [2.45, 2.75) is 41.4 Å². The van der Waals surface area contributed by atoms with E-state index in [4.69, 9.17) is 68.6 Å². The number of methoxy groups -OCH3 is 3.